The molecule has 0 saturated carbocycles. The van der Waals surface area contributed by atoms with Crippen LogP contribution >= 0.6 is 15.9 Å². The highest BCUT2D eigenvalue weighted by atomic mass is 79.9. The minimum Gasteiger partial charge on any atom is -0.493 e. The highest BCUT2D eigenvalue weighted by Crippen LogP contribution is 2.28. The zero-order chi connectivity index (χ0) is 12.8. The number of ether oxygens (including phenoxy) is 1. The highest BCUT2D eigenvalue weighted by Gasteiger charge is 2.09. The van der Waals surface area contributed by atoms with Crippen LogP contribution in [0, 0.1) is 0 Å². The Morgan fingerprint density at radius 3 is 2.71 bits per heavy atom. The Kier molecular flexibility index (Phi) is 5.95. The topological polar surface area (TPSA) is 32.7 Å². The fraction of sp³-hybridized carbons (Fsp3) is 0.538. The van der Waals surface area contributed by atoms with Gasteiger partial charge in [-0.05, 0) is 45.6 Å². The minimum absolute atomic E-state index is 0.517. The van der Waals surface area contributed by atoms with Crippen LogP contribution < -0.4 is 4.74 Å². The van der Waals surface area contributed by atoms with Crippen LogP contribution in [0.2, 0.25) is 0 Å². The molecule has 1 aromatic rings. The van der Waals surface area contributed by atoms with E-state index in [4.69, 9.17) is 4.74 Å². The van der Waals surface area contributed by atoms with Crippen molar-refractivity contribution in [2.45, 2.75) is 19.4 Å². The second-order valence-corrected chi connectivity index (χ2v) is 5.28. The van der Waals surface area contributed by atoms with Gasteiger partial charge < -0.3 is 14.7 Å². The number of benzene rings is 1. The largest absolute Gasteiger partial charge is 0.493 e. The van der Waals surface area contributed by atoms with E-state index in [0.717, 1.165) is 28.8 Å². The number of rotatable bonds is 6. The molecule has 4 heteroatoms. The number of halogens is 1. The summed E-state index contributed by atoms with van der Waals surface area (Å²) in [4.78, 5) is 2.13. The Bertz CT molecular complexity index is 353. The molecule has 0 aliphatic heterocycles. The van der Waals surface area contributed by atoms with Crippen LogP contribution in [-0.2, 0) is 0 Å². The third-order valence-electron chi connectivity index (χ3n) is 2.43. The molecule has 0 bridgehead atoms. The molecule has 0 unspecified atom stereocenters. The fourth-order valence-electron chi connectivity index (χ4n) is 1.54. The first-order valence-electron chi connectivity index (χ1n) is 5.75. The normalized spacial score (nSPS) is 12.8. The average molecular weight is 302 g/mol. The maximum Gasteiger partial charge on any atom is 0.125 e. The average Bonchev–Trinajstić information content (AvgIpc) is 2.25. The first kappa shape index (κ1) is 14.5. The Labute approximate surface area is 112 Å². The summed E-state index contributed by atoms with van der Waals surface area (Å²) in [5.74, 6) is 0.766. The molecule has 1 atom stereocenters. The maximum absolute atomic E-state index is 9.66. The molecule has 0 amide bonds. The minimum atomic E-state index is -0.517. The van der Waals surface area contributed by atoms with Crippen LogP contribution in [0.15, 0.2) is 22.7 Å². The number of hydrogen-bond acceptors (Lipinski definition) is 3. The summed E-state index contributed by atoms with van der Waals surface area (Å²) in [5.41, 5.74) is 0.823. The summed E-state index contributed by atoms with van der Waals surface area (Å²) in [7, 11) is 4.09. The van der Waals surface area contributed by atoms with Crippen molar-refractivity contribution in [1.29, 1.82) is 0 Å². The molecule has 17 heavy (non-hydrogen) atoms. The molecule has 1 N–H and O–H groups in total. The van der Waals surface area contributed by atoms with Crippen molar-refractivity contribution in [3.05, 3.63) is 28.2 Å². The second kappa shape index (κ2) is 6.99. The van der Waals surface area contributed by atoms with E-state index in [0.29, 0.717) is 6.61 Å². The lowest BCUT2D eigenvalue weighted by atomic mass is 10.1. The van der Waals surface area contributed by atoms with Crippen molar-refractivity contribution in [3.63, 3.8) is 0 Å². The van der Waals surface area contributed by atoms with Gasteiger partial charge in [-0.15, -0.1) is 0 Å². The van der Waals surface area contributed by atoms with E-state index in [9.17, 15) is 5.11 Å². The Morgan fingerprint density at radius 2 is 2.12 bits per heavy atom. The summed E-state index contributed by atoms with van der Waals surface area (Å²) in [5, 5.41) is 9.66. The first-order chi connectivity index (χ1) is 8.00. The number of nitrogens with zero attached hydrogens (tertiary/aromatic N) is 1. The molecular formula is C13H20BrNO2. The van der Waals surface area contributed by atoms with Crippen LogP contribution in [0.5, 0.6) is 5.75 Å². The lowest BCUT2D eigenvalue weighted by Crippen LogP contribution is -2.15. The predicted molar refractivity (Wildman–Crippen MR) is 73.4 cm³/mol. The third kappa shape index (κ3) is 5.06. The number of hydrogen-bond donors (Lipinski definition) is 1. The number of aliphatic hydroxyl groups excluding tert-OH is 1. The Hall–Kier alpha value is -0.580. The van der Waals surface area contributed by atoms with Crippen molar-refractivity contribution in [3.8, 4) is 5.75 Å². The van der Waals surface area contributed by atoms with Gasteiger partial charge in [0, 0.05) is 16.6 Å². The van der Waals surface area contributed by atoms with Crippen LogP contribution in [0.25, 0.3) is 0 Å². The second-order valence-electron chi connectivity index (χ2n) is 4.36. The number of aliphatic hydroxyl groups is 1. The van der Waals surface area contributed by atoms with Gasteiger partial charge in [0.05, 0.1) is 12.7 Å². The lowest BCUT2D eigenvalue weighted by Gasteiger charge is -2.15. The molecule has 0 saturated heterocycles. The molecule has 0 aliphatic carbocycles. The quantitative estimate of drug-likeness (QED) is 0.820. The molecule has 0 aliphatic rings. The van der Waals surface area contributed by atoms with Crippen LogP contribution in [0.3, 0.4) is 0 Å². The summed E-state index contributed by atoms with van der Waals surface area (Å²) >= 11 is 3.39. The smallest absolute Gasteiger partial charge is 0.125 e. The molecule has 0 spiro atoms. The highest BCUT2D eigenvalue weighted by molar-refractivity contribution is 9.10. The molecular weight excluding hydrogens is 282 g/mol. The van der Waals surface area contributed by atoms with Gasteiger partial charge in [-0.1, -0.05) is 15.9 Å². The molecule has 1 rings (SSSR count). The van der Waals surface area contributed by atoms with Gasteiger partial charge in [-0.3, -0.25) is 0 Å². The van der Waals surface area contributed by atoms with Crippen LogP contribution in [-0.4, -0.2) is 37.3 Å². The monoisotopic (exact) mass is 301 g/mol. The lowest BCUT2D eigenvalue weighted by molar-refractivity contribution is 0.190. The SMILES string of the molecule is C[C@@H](O)c1cc(Br)ccc1OCCCN(C)C. The predicted octanol–water partition coefficient (Wildman–Crippen LogP) is 2.83. The van der Waals surface area contributed by atoms with Crippen molar-refractivity contribution >= 4 is 15.9 Å². The molecule has 0 fully saturated rings. The third-order valence-corrected chi connectivity index (χ3v) is 2.92. The van der Waals surface area contributed by atoms with E-state index in [1.807, 2.05) is 32.3 Å². The molecule has 0 heterocycles. The van der Waals surface area contributed by atoms with Crippen molar-refractivity contribution in [2.75, 3.05) is 27.2 Å². The molecule has 1 aromatic carbocycles. The Balaban J connectivity index is 2.58. The first-order valence-corrected chi connectivity index (χ1v) is 6.55. The Morgan fingerprint density at radius 1 is 1.41 bits per heavy atom. The molecule has 0 radical (unpaired) electrons. The van der Waals surface area contributed by atoms with Gasteiger partial charge >= 0.3 is 0 Å². The molecule has 96 valence electrons. The fourth-order valence-corrected chi connectivity index (χ4v) is 1.92. The molecule has 3 nitrogen and oxygen atoms in total. The van der Waals surface area contributed by atoms with Crippen LogP contribution in [0.4, 0.5) is 0 Å². The van der Waals surface area contributed by atoms with E-state index < -0.39 is 6.10 Å². The molecule has 0 aromatic heterocycles. The zero-order valence-electron chi connectivity index (χ0n) is 10.6. The maximum atomic E-state index is 9.66. The van der Waals surface area contributed by atoms with E-state index >= 15 is 0 Å². The van der Waals surface area contributed by atoms with E-state index in [-0.39, 0.29) is 0 Å². The standard InChI is InChI=1S/C13H20BrNO2/c1-10(16)12-9-11(14)5-6-13(12)17-8-4-7-15(2)3/h5-6,9-10,16H,4,7-8H2,1-3H3/t10-/m1/s1. The van der Waals surface area contributed by atoms with Crippen molar-refractivity contribution < 1.29 is 9.84 Å². The van der Waals surface area contributed by atoms with Gasteiger partial charge in [0.25, 0.3) is 0 Å². The summed E-state index contributed by atoms with van der Waals surface area (Å²) in [6.45, 7) is 3.41. The van der Waals surface area contributed by atoms with Gasteiger partial charge in [0.15, 0.2) is 0 Å². The summed E-state index contributed by atoms with van der Waals surface area (Å²) < 4.78 is 6.65. The van der Waals surface area contributed by atoms with Crippen molar-refractivity contribution in [2.24, 2.45) is 0 Å². The van der Waals surface area contributed by atoms with Gasteiger partial charge in [-0.25, -0.2) is 0 Å². The summed E-state index contributed by atoms with van der Waals surface area (Å²) in [6.07, 6.45) is 0.457. The van der Waals surface area contributed by atoms with Gasteiger partial charge in [0.2, 0.25) is 0 Å². The van der Waals surface area contributed by atoms with E-state index in [1.165, 1.54) is 0 Å². The van der Waals surface area contributed by atoms with E-state index in [1.54, 1.807) is 6.92 Å². The van der Waals surface area contributed by atoms with Crippen LogP contribution in [0.1, 0.15) is 25.0 Å². The van der Waals surface area contributed by atoms with Crippen molar-refractivity contribution in [1.82, 2.24) is 4.90 Å². The summed E-state index contributed by atoms with van der Waals surface area (Å²) in [6, 6.07) is 5.71. The van der Waals surface area contributed by atoms with Gasteiger partial charge in [-0.2, -0.15) is 0 Å². The van der Waals surface area contributed by atoms with Gasteiger partial charge in [0.1, 0.15) is 5.75 Å². The van der Waals surface area contributed by atoms with E-state index in [2.05, 4.69) is 20.8 Å². The zero-order valence-corrected chi connectivity index (χ0v) is 12.2.